The third-order valence-corrected chi connectivity index (χ3v) is 2.15. The highest BCUT2D eigenvalue weighted by Gasteiger charge is 2.21. The number of amides is 1. The van der Waals surface area contributed by atoms with Gasteiger partial charge in [-0.3, -0.25) is 4.79 Å². The normalized spacial score (nSPS) is 14.6. The van der Waals surface area contributed by atoms with Crippen molar-refractivity contribution in [3.8, 4) is 5.88 Å². The molecule has 1 aromatic heterocycles. The molecule has 5 heteroatoms. The smallest absolute Gasteiger partial charge is 0.252 e. The van der Waals surface area contributed by atoms with Gasteiger partial charge in [0.05, 0.1) is 12.8 Å². The summed E-state index contributed by atoms with van der Waals surface area (Å²) in [7, 11) is 1.34. The van der Waals surface area contributed by atoms with Crippen molar-refractivity contribution in [1.82, 2.24) is 4.98 Å². The summed E-state index contributed by atoms with van der Waals surface area (Å²) >= 11 is 0. The van der Waals surface area contributed by atoms with Crippen molar-refractivity contribution in [2.75, 3.05) is 12.4 Å². The van der Waals surface area contributed by atoms with Crippen LogP contribution in [0.3, 0.4) is 0 Å². The summed E-state index contributed by atoms with van der Waals surface area (Å²) in [5, 5.41) is 2.47. The summed E-state index contributed by atoms with van der Waals surface area (Å²) in [6.07, 6.45) is 2.42. The lowest BCUT2D eigenvalue weighted by atomic mass is 10.1. The molecule has 0 bridgehead atoms. The Hall–Kier alpha value is -1.65. The number of hydrogen-bond acceptors (Lipinski definition) is 3. The van der Waals surface area contributed by atoms with Crippen LogP contribution in [0.1, 0.15) is 12.0 Å². The van der Waals surface area contributed by atoms with Crippen molar-refractivity contribution < 1.29 is 13.9 Å². The Labute approximate surface area is 80.1 Å². The highest BCUT2D eigenvalue weighted by atomic mass is 19.1. The summed E-state index contributed by atoms with van der Waals surface area (Å²) < 4.78 is 18.2. The van der Waals surface area contributed by atoms with E-state index in [-0.39, 0.29) is 17.5 Å². The van der Waals surface area contributed by atoms with E-state index in [2.05, 4.69) is 10.3 Å². The standard InChI is InChI=1S/C9H9FN2O2/c1-14-9-7(10)8-5(4-11-9)2-3-6(13)12-8/h4H,2-3H2,1H3,(H,12,13). The Bertz CT molecular complexity index is 393. The van der Waals surface area contributed by atoms with Crippen LogP contribution >= 0.6 is 0 Å². The van der Waals surface area contributed by atoms with E-state index in [1.54, 1.807) is 0 Å². The van der Waals surface area contributed by atoms with Crippen molar-refractivity contribution >= 4 is 11.6 Å². The van der Waals surface area contributed by atoms with Gasteiger partial charge >= 0.3 is 0 Å². The second kappa shape index (κ2) is 3.25. The molecular formula is C9H9FN2O2. The van der Waals surface area contributed by atoms with E-state index in [0.717, 1.165) is 0 Å². The van der Waals surface area contributed by atoms with E-state index in [1.165, 1.54) is 13.3 Å². The zero-order valence-electron chi connectivity index (χ0n) is 7.63. The van der Waals surface area contributed by atoms with Crippen molar-refractivity contribution in [3.05, 3.63) is 17.6 Å². The zero-order valence-corrected chi connectivity index (χ0v) is 7.63. The molecule has 0 aliphatic carbocycles. The minimum atomic E-state index is -0.599. The van der Waals surface area contributed by atoms with Crippen LogP contribution in [0.5, 0.6) is 5.88 Å². The van der Waals surface area contributed by atoms with Gasteiger partial charge in [0.25, 0.3) is 5.88 Å². The molecular weight excluding hydrogens is 187 g/mol. The molecule has 0 unspecified atom stereocenters. The highest BCUT2D eigenvalue weighted by Crippen LogP contribution is 2.29. The van der Waals surface area contributed by atoms with Crippen LogP contribution in [-0.2, 0) is 11.2 Å². The molecule has 4 nitrogen and oxygen atoms in total. The molecule has 1 aromatic rings. The first-order valence-electron chi connectivity index (χ1n) is 4.23. The number of carbonyl (C=O) groups excluding carboxylic acids is 1. The summed E-state index contributed by atoms with van der Waals surface area (Å²) in [5.41, 5.74) is 0.913. The number of methoxy groups -OCH3 is 1. The van der Waals surface area contributed by atoms with Crippen molar-refractivity contribution in [1.29, 1.82) is 0 Å². The Balaban J connectivity index is 2.50. The van der Waals surface area contributed by atoms with E-state index in [1.807, 2.05) is 0 Å². The Morgan fingerprint density at radius 1 is 1.57 bits per heavy atom. The number of fused-ring (bicyclic) bond motifs is 1. The van der Waals surface area contributed by atoms with Crippen LogP contribution in [-0.4, -0.2) is 18.0 Å². The highest BCUT2D eigenvalue weighted by molar-refractivity contribution is 5.94. The number of nitrogens with zero attached hydrogens (tertiary/aromatic N) is 1. The summed E-state index contributed by atoms with van der Waals surface area (Å²) in [4.78, 5) is 14.8. The average molecular weight is 196 g/mol. The fourth-order valence-corrected chi connectivity index (χ4v) is 1.42. The number of nitrogens with one attached hydrogen (secondary N) is 1. The molecule has 1 amide bonds. The number of carbonyl (C=O) groups is 1. The predicted molar refractivity (Wildman–Crippen MR) is 47.7 cm³/mol. The van der Waals surface area contributed by atoms with Crippen molar-refractivity contribution in [2.24, 2.45) is 0 Å². The lowest BCUT2D eigenvalue weighted by molar-refractivity contribution is -0.116. The van der Waals surface area contributed by atoms with E-state index >= 15 is 0 Å². The molecule has 14 heavy (non-hydrogen) atoms. The summed E-state index contributed by atoms with van der Waals surface area (Å²) in [6, 6.07) is 0. The van der Waals surface area contributed by atoms with Gasteiger partial charge in [0.1, 0.15) is 0 Å². The number of aromatic nitrogens is 1. The molecule has 0 saturated carbocycles. The summed E-state index contributed by atoms with van der Waals surface area (Å²) in [6.45, 7) is 0. The number of hydrogen-bond donors (Lipinski definition) is 1. The molecule has 2 rings (SSSR count). The first kappa shape index (κ1) is 8.93. The topological polar surface area (TPSA) is 51.2 Å². The largest absolute Gasteiger partial charge is 0.479 e. The molecule has 1 aliphatic rings. The van der Waals surface area contributed by atoms with Crippen LogP contribution < -0.4 is 10.1 Å². The minimum absolute atomic E-state index is 0.0917. The number of pyridine rings is 1. The first-order chi connectivity index (χ1) is 6.72. The maximum atomic E-state index is 13.5. The lowest BCUT2D eigenvalue weighted by Crippen LogP contribution is -2.20. The third kappa shape index (κ3) is 1.30. The maximum absolute atomic E-state index is 13.5. The van der Waals surface area contributed by atoms with Gasteiger partial charge in [-0.1, -0.05) is 0 Å². The predicted octanol–water partition coefficient (Wildman–Crippen LogP) is 1.11. The molecule has 0 saturated heterocycles. The van der Waals surface area contributed by atoms with E-state index in [9.17, 15) is 9.18 Å². The molecule has 2 heterocycles. The van der Waals surface area contributed by atoms with Crippen LogP contribution in [0.4, 0.5) is 10.1 Å². The van der Waals surface area contributed by atoms with Gasteiger partial charge < -0.3 is 10.1 Å². The van der Waals surface area contributed by atoms with Crippen molar-refractivity contribution in [3.63, 3.8) is 0 Å². The van der Waals surface area contributed by atoms with Gasteiger partial charge in [0.15, 0.2) is 0 Å². The van der Waals surface area contributed by atoms with Crippen LogP contribution in [0.2, 0.25) is 0 Å². The number of ether oxygens (including phenoxy) is 1. The first-order valence-corrected chi connectivity index (χ1v) is 4.23. The van der Waals surface area contributed by atoms with Gasteiger partial charge in [-0.2, -0.15) is 4.39 Å². The molecule has 1 N–H and O–H groups in total. The average Bonchev–Trinajstić information content (AvgIpc) is 2.20. The Morgan fingerprint density at radius 2 is 2.36 bits per heavy atom. The quantitative estimate of drug-likeness (QED) is 0.732. The second-order valence-corrected chi connectivity index (χ2v) is 3.03. The fourth-order valence-electron chi connectivity index (χ4n) is 1.42. The van der Waals surface area contributed by atoms with Gasteiger partial charge in [-0.25, -0.2) is 4.98 Å². The second-order valence-electron chi connectivity index (χ2n) is 3.03. The van der Waals surface area contributed by atoms with E-state index < -0.39 is 5.82 Å². The summed E-state index contributed by atoms with van der Waals surface area (Å²) in [5.74, 6) is -0.867. The van der Waals surface area contributed by atoms with Crippen LogP contribution in [0.25, 0.3) is 0 Å². The van der Waals surface area contributed by atoms with E-state index in [0.29, 0.717) is 18.4 Å². The molecule has 0 aromatic carbocycles. The lowest BCUT2D eigenvalue weighted by Gasteiger charge is -2.17. The fraction of sp³-hybridized carbons (Fsp3) is 0.333. The molecule has 74 valence electrons. The van der Waals surface area contributed by atoms with Gasteiger partial charge in [-0.15, -0.1) is 0 Å². The zero-order chi connectivity index (χ0) is 10.1. The number of anilines is 1. The Kier molecular flexibility index (Phi) is 2.07. The molecule has 0 fully saturated rings. The van der Waals surface area contributed by atoms with Gasteiger partial charge in [-0.05, 0) is 12.0 Å². The molecule has 0 spiro atoms. The van der Waals surface area contributed by atoms with Crippen molar-refractivity contribution in [2.45, 2.75) is 12.8 Å². The molecule has 1 aliphatic heterocycles. The number of aryl methyl sites for hydroxylation is 1. The van der Waals surface area contributed by atoms with E-state index in [4.69, 9.17) is 4.74 Å². The number of halogens is 1. The Morgan fingerprint density at radius 3 is 3.07 bits per heavy atom. The monoisotopic (exact) mass is 196 g/mol. The number of rotatable bonds is 1. The third-order valence-electron chi connectivity index (χ3n) is 2.15. The SMILES string of the molecule is COc1ncc2c(c1F)NC(=O)CC2. The maximum Gasteiger partial charge on any atom is 0.252 e. The van der Waals surface area contributed by atoms with Crippen LogP contribution in [0.15, 0.2) is 6.20 Å². The van der Waals surface area contributed by atoms with Gasteiger partial charge in [0, 0.05) is 12.6 Å². The molecule has 0 radical (unpaired) electrons. The molecule has 0 atom stereocenters. The minimum Gasteiger partial charge on any atom is -0.479 e. The van der Waals surface area contributed by atoms with Crippen LogP contribution in [0, 0.1) is 5.82 Å². The van der Waals surface area contributed by atoms with Gasteiger partial charge in [0.2, 0.25) is 11.7 Å².